The Balaban J connectivity index is 2.15. The van der Waals surface area contributed by atoms with E-state index in [-0.39, 0.29) is 5.91 Å². The van der Waals surface area contributed by atoms with Crippen LogP contribution in [0.2, 0.25) is 0 Å². The van der Waals surface area contributed by atoms with E-state index in [1.807, 2.05) is 25.4 Å². The van der Waals surface area contributed by atoms with Crippen LogP contribution < -0.4 is 0 Å². The molecule has 86 valence electrons. The minimum absolute atomic E-state index is 0.0892. The smallest absolute Gasteiger partial charge is 0.256 e. The summed E-state index contributed by atoms with van der Waals surface area (Å²) in [5, 5.41) is 0. The largest absolute Gasteiger partial charge is 0.364 e. The van der Waals surface area contributed by atoms with E-state index in [1.54, 1.807) is 17.3 Å². The van der Waals surface area contributed by atoms with Gasteiger partial charge in [-0.25, -0.2) is 0 Å². The van der Waals surface area contributed by atoms with Gasteiger partial charge < -0.3 is 9.88 Å². The summed E-state index contributed by atoms with van der Waals surface area (Å²) in [5.74, 6) is 0.0892. The minimum Gasteiger partial charge on any atom is -0.364 e. The zero-order chi connectivity index (χ0) is 11.8. The number of nitrogens with zero attached hydrogens (tertiary/aromatic N) is 2. The number of aromatic nitrogens is 2. The predicted molar refractivity (Wildman–Crippen MR) is 64.7 cm³/mol. The van der Waals surface area contributed by atoms with Gasteiger partial charge in [0.1, 0.15) is 0 Å². The molecule has 0 radical (unpaired) electrons. The number of carbonyl (C=O) groups excluding carboxylic acids is 1. The van der Waals surface area contributed by atoms with Crippen molar-refractivity contribution in [2.24, 2.45) is 0 Å². The Labute approximate surface area is 99.3 Å². The molecule has 1 aliphatic heterocycles. The first-order valence-corrected chi connectivity index (χ1v) is 5.63. The Hall–Kier alpha value is -2.10. The summed E-state index contributed by atoms with van der Waals surface area (Å²) in [4.78, 5) is 21.2. The first-order valence-electron chi connectivity index (χ1n) is 5.63. The predicted octanol–water partition coefficient (Wildman–Crippen LogP) is 1.70. The zero-order valence-corrected chi connectivity index (χ0v) is 9.60. The molecule has 2 aromatic heterocycles. The third kappa shape index (κ3) is 1.53. The number of likely N-dealkylation sites (N-methyl/N-ethyl adjacent to an activating group) is 1. The highest BCUT2D eigenvalue weighted by Gasteiger charge is 2.26. The molecule has 0 saturated carbocycles. The lowest BCUT2D eigenvalue weighted by Gasteiger charge is -2.23. The van der Waals surface area contributed by atoms with Crippen LogP contribution in [0.1, 0.15) is 16.1 Å². The van der Waals surface area contributed by atoms with Crippen molar-refractivity contribution in [1.29, 1.82) is 0 Å². The molecule has 0 aromatic carbocycles. The van der Waals surface area contributed by atoms with Crippen molar-refractivity contribution in [1.82, 2.24) is 14.9 Å². The summed E-state index contributed by atoms with van der Waals surface area (Å²) in [5.41, 5.74) is 3.76. The highest BCUT2D eigenvalue weighted by molar-refractivity contribution is 6.02. The Morgan fingerprint density at radius 2 is 2.35 bits per heavy atom. The van der Waals surface area contributed by atoms with Gasteiger partial charge in [-0.15, -0.1) is 0 Å². The number of amides is 1. The minimum atomic E-state index is 0.0892. The van der Waals surface area contributed by atoms with Gasteiger partial charge >= 0.3 is 0 Å². The lowest BCUT2D eigenvalue weighted by Crippen LogP contribution is -2.34. The standard InChI is InChI=1S/C13H13N3O/c1-16-6-4-11-12(13(16)17)10(8-15-11)9-3-2-5-14-7-9/h2-3,5,7-8,15H,4,6H2,1H3. The summed E-state index contributed by atoms with van der Waals surface area (Å²) in [6, 6.07) is 3.85. The summed E-state index contributed by atoms with van der Waals surface area (Å²) in [6.45, 7) is 0.777. The monoisotopic (exact) mass is 227 g/mol. The first kappa shape index (κ1) is 10.1. The quantitative estimate of drug-likeness (QED) is 0.806. The lowest BCUT2D eigenvalue weighted by molar-refractivity contribution is 0.0781. The maximum Gasteiger partial charge on any atom is 0.256 e. The second kappa shape index (κ2) is 3.73. The van der Waals surface area contributed by atoms with Gasteiger partial charge in [-0.2, -0.15) is 0 Å². The van der Waals surface area contributed by atoms with Crippen molar-refractivity contribution in [3.8, 4) is 11.1 Å². The van der Waals surface area contributed by atoms with E-state index in [0.717, 1.165) is 35.3 Å². The normalized spacial score (nSPS) is 14.9. The van der Waals surface area contributed by atoms with E-state index < -0.39 is 0 Å². The molecule has 3 heterocycles. The maximum absolute atomic E-state index is 12.2. The molecule has 1 amide bonds. The van der Waals surface area contributed by atoms with Gasteiger partial charge in [0.25, 0.3) is 5.91 Å². The maximum atomic E-state index is 12.2. The summed E-state index contributed by atoms with van der Waals surface area (Å²) in [6.07, 6.45) is 6.30. The second-order valence-electron chi connectivity index (χ2n) is 4.27. The molecule has 4 heteroatoms. The van der Waals surface area contributed by atoms with Crippen LogP contribution in [-0.4, -0.2) is 34.4 Å². The van der Waals surface area contributed by atoms with Gasteiger partial charge in [0.05, 0.1) is 5.56 Å². The number of fused-ring (bicyclic) bond motifs is 1. The molecule has 0 aliphatic carbocycles. The van der Waals surface area contributed by atoms with Crippen molar-refractivity contribution in [3.63, 3.8) is 0 Å². The average molecular weight is 227 g/mol. The fraction of sp³-hybridized carbons (Fsp3) is 0.231. The number of aromatic amines is 1. The van der Waals surface area contributed by atoms with E-state index in [9.17, 15) is 4.79 Å². The van der Waals surface area contributed by atoms with Crippen LogP contribution in [0.5, 0.6) is 0 Å². The summed E-state index contributed by atoms with van der Waals surface area (Å²) in [7, 11) is 1.84. The Kier molecular flexibility index (Phi) is 2.21. The van der Waals surface area contributed by atoms with Crippen LogP contribution in [0.3, 0.4) is 0 Å². The van der Waals surface area contributed by atoms with Gasteiger partial charge in [-0.3, -0.25) is 9.78 Å². The van der Waals surface area contributed by atoms with E-state index in [2.05, 4.69) is 9.97 Å². The highest BCUT2D eigenvalue weighted by Crippen LogP contribution is 2.29. The summed E-state index contributed by atoms with van der Waals surface area (Å²) >= 11 is 0. The fourth-order valence-corrected chi connectivity index (χ4v) is 2.23. The molecule has 1 aliphatic rings. The topological polar surface area (TPSA) is 49.0 Å². The van der Waals surface area contributed by atoms with E-state index in [0.29, 0.717) is 0 Å². The van der Waals surface area contributed by atoms with Crippen molar-refractivity contribution in [2.75, 3.05) is 13.6 Å². The number of carbonyl (C=O) groups is 1. The van der Waals surface area contributed by atoms with Gasteiger partial charge in [0.2, 0.25) is 0 Å². The number of hydrogen-bond acceptors (Lipinski definition) is 2. The molecule has 0 atom stereocenters. The molecule has 1 N–H and O–H groups in total. The van der Waals surface area contributed by atoms with Crippen LogP contribution in [0, 0.1) is 0 Å². The van der Waals surface area contributed by atoms with Gasteiger partial charge in [-0.05, 0) is 6.07 Å². The van der Waals surface area contributed by atoms with Crippen molar-refractivity contribution in [2.45, 2.75) is 6.42 Å². The van der Waals surface area contributed by atoms with Crippen LogP contribution in [0.25, 0.3) is 11.1 Å². The molecular weight excluding hydrogens is 214 g/mol. The van der Waals surface area contributed by atoms with Crippen molar-refractivity contribution in [3.05, 3.63) is 42.0 Å². The van der Waals surface area contributed by atoms with E-state index in [1.165, 1.54) is 0 Å². The Morgan fingerprint density at radius 1 is 1.47 bits per heavy atom. The van der Waals surface area contributed by atoms with E-state index in [4.69, 9.17) is 0 Å². The average Bonchev–Trinajstić information content (AvgIpc) is 2.79. The number of rotatable bonds is 1. The van der Waals surface area contributed by atoms with Crippen molar-refractivity contribution >= 4 is 5.91 Å². The summed E-state index contributed by atoms with van der Waals surface area (Å²) < 4.78 is 0. The number of nitrogens with one attached hydrogen (secondary N) is 1. The number of pyridine rings is 1. The van der Waals surface area contributed by atoms with Gasteiger partial charge in [0.15, 0.2) is 0 Å². The van der Waals surface area contributed by atoms with Gasteiger partial charge in [-0.1, -0.05) is 6.07 Å². The van der Waals surface area contributed by atoms with E-state index >= 15 is 0 Å². The molecule has 0 bridgehead atoms. The first-order chi connectivity index (χ1) is 8.27. The lowest BCUT2D eigenvalue weighted by atomic mass is 10.00. The molecule has 3 rings (SSSR count). The van der Waals surface area contributed by atoms with Crippen LogP contribution in [-0.2, 0) is 6.42 Å². The third-order valence-corrected chi connectivity index (χ3v) is 3.19. The molecule has 0 fully saturated rings. The molecular formula is C13H13N3O. The molecule has 17 heavy (non-hydrogen) atoms. The molecule has 0 saturated heterocycles. The van der Waals surface area contributed by atoms with Crippen molar-refractivity contribution < 1.29 is 4.79 Å². The Bertz CT molecular complexity index is 559. The molecule has 0 spiro atoms. The molecule has 0 unspecified atom stereocenters. The van der Waals surface area contributed by atoms with Crippen LogP contribution in [0.15, 0.2) is 30.7 Å². The van der Waals surface area contributed by atoms with Gasteiger partial charge in [0, 0.05) is 55.4 Å². The third-order valence-electron chi connectivity index (χ3n) is 3.19. The zero-order valence-electron chi connectivity index (χ0n) is 9.60. The SMILES string of the molecule is CN1CCc2[nH]cc(-c3cccnc3)c2C1=O. The van der Waals surface area contributed by atoms with Crippen LogP contribution >= 0.6 is 0 Å². The fourth-order valence-electron chi connectivity index (χ4n) is 2.23. The molecule has 2 aromatic rings. The number of H-pyrrole nitrogens is 1. The second-order valence-corrected chi connectivity index (χ2v) is 4.27. The number of hydrogen-bond donors (Lipinski definition) is 1. The molecule has 4 nitrogen and oxygen atoms in total. The highest BCUT2D eigenvalue weighted by atomic mass is 16.2. The van der Waals surface area contributed by atoms with Crippen LogP contribution in [0.4, 0.5) is 0 Å². The Morgan fingerprint density at radius 3 is 3.12 bits per heavy atom.